The standard InChI is InChI=1S/C20H20N2O3/c1-20(2)12-14-6-4-5-7-16(14)17(21-20)18(22-24)19(23)13-8-10-15(25-3)11-9-13/h4-11,24H,12H2,1-3H3. The van der Waals surface area contributed by atoms with Crippen LogP contribution in [0.15, 0.2) is 58.7 Å². The van der Waals surface area contributed by atoms with Crippen molar-refractivity contribution in [2.75, 3.05) is 7.11 Å². The Hall–Kier alpha value is -2.95. The average Bonchev–Trinajstić information content (AvgIpc) is 2.61. The minimum atomic E-state index is -0.378. The zero-order chi connectivity index (χ0) is 18.0. The molecule has 2 aromatic rings. The van der Waals surface area contributed by atoms with Crippen LogP contribution in [0.4, 0.5) is 0 Å². The van der Waals surface area contributed by atoms with Crippen molar-refractivity contribution in [3.8, 4) is 5.75 Å². The Morgan fingerprint density at radius 3 is 2.48 bits per heavy atom. The van der Waals surface area contributed by atoms with Crippen LogP contribution in [0.1, 0.15) is 35.3 Å². The van der Waals surface area contributed by atoms with Gasteiger partial charge in [0.2, 0.25) is 5.78 Å². The summed E-state index contributed by atoms with van der Waals surface area (Å²) < 4.78 is 5.11. The van der Waals surface area contributed by atoms with E-state index in [-0.39, 0.29) is 17.0 Å². The topological polar surface area (TPSA) is 71.2 Å². The minimum Gasteiger partial charge on any atom is -0.497 e. The summed E-state index contributed by atoms with van der Waals surface area (Å²) in [4.78, 5) is 17.6. The molecule has 0 spiro atoms. The number of benzene rings is 2. The summed E-state index contributed by atoms with van der Waals surface area (Å²) in [5, 5.41) is 12.9. The molecule has 2 aromatic carbocycles. The van der Waals surface area contributed by atoms with Gasteiger partial charge in [-0.25, -0.2) is 0 Å². The first-order chi connectivity index (χ1) is 11.9. The number of hydrogen-bond donors (Lipinski definition) is 1. The van der Waals surface area contributed by atoms with E-state index >= 15 is 0 Å². The van der Waals surface area contributed by atoms with E-state index in [1.807, 2.05) is 38.1 Å². The van der Waals surface area contributed by atoms with Gasteiger partial charge in [-0.15, -0.1) is 0 Å². The van der Waals surface area contributed by atoms with Crippen LogP contribution in [0.2, 0.25) is 0 Å². The van der Waals surface area contributed by atoms with E-state index in [4.69, 9.17) is 4.74 Å². The lowest BCUT2D eigenvalue weighted by Crippen LogP contribution is -2.35. The Balaban J connectivity index is 2.05. The van der Waals surface area contributed by atoms with E-state index in [2.05, 4.69) is 10.1 Å². The smallest absolute Gasteiger partial charge is 0.216 e. The molecule has 3 rings (SSSR count). The molecule has 5 heteroatoms. The van der Waals surface area contributed by atoms with Crippen molar-refractivity contribution in [1.29, 1.82) is 0 Å². The number of rotatable bonds is 4. The lowest BCUT2D eigenvalue weighted by molar-refractivity contribution is 0.106. The van der Waals surface area contributed by atoms with E-state index in [9.17, 15) is 10.0 Å². The maximum Gasteiger partial charge on any atom is 0.216 e. The third kappa shape index (κ3) is 3.31. The quantitative estimate of drug-likeness (QED) is 0.402. The van der Waals surface area contributed by atoms with Crippen LogP contribution < -0.4 is 4.74 Å². The molecule has 5 nitrogen and oxygen atoms in total. The first kappa shape index (κ1) is 16.9. The van der Waals surface area contributed by atoms with E-state index in [0.717, 1.165) is 17.5 Å². The molecule has 0 unspecified atom stereocenters. The highest BCUT2D eigenvalue weighted by Crippen LogP contribution is 2.28. The number of fused-ring (bicyclic) bond motifs is 1. The SMILES string of the molecule is COc1ccc(C(=O)C(=NO)C2=NC(C)(C)Cc3ccccc32)cc1. The van der Waals surface area contributed by atoms with Crippen LogP contribution in [-0.2, 0) is 6.42 Å². The number of oxime groups is 1. The Morgan fingerprint density at radius 2 is 1.84 bits per heavy atom. The maximum absolute atomic E-state index is 12.9. The largest absolute Gasteiger partial charge is 0.497 e. The number of hydrogen-bond acceptors (Lipinski definition) is 5. The molecule has 1 N–H and O–H groups in total. The van der Waals surface area contributed by atoms with Crippen molar-refractivity contribution >= 4 is 17.2 Å². The number of carbonyl (C=O) groups excluding carboxylic acids is 1. The molecule has 0 atom stereocenters. The second-order valence-electron chi connectivity index (χ2n) is 6.61. The first-order valence-electron chi connectivity index (χ1n) is 8.04. The number of carbonyl (C=O) groups is 1. The normalized spacial score (nSPS) is 16.0. The highest BCUT2D eigenvalue weighted by molar-refractivity contribution is 6.73. The number of Topliss-reactive ketones (excluding diaryl/α,β-unsaturated/α-hetero) is 1. The van der Waals surface area contributed by atoms with Crippen molar-refractivity contribution in [2.24, 2.45) is 10.1 Å². The van der Waals surface area contributed by atoms with Gasteiger partial charge in [-0.3, -0.25) is 9.79 Å². The number of aliphatic imine (C=N–C) groups is 1. The molecule has 0 aliphatic carbocycles. The fraction of sp³-hybridized carbons (Fsp3) is 0.250. The highest BCUT2D eigenvalue weighted by Gasteiger charge is 2.32. The third-order valence-electron chi connectivity index (χ3n) is 4.20. The molecule has 0 saturated heterocycles. The number of ketones is 1. The molecule has 0 fully saturated rings. The molecule has 128 valence electrons. The van der Waals surface area contributed by atoms with Crippen LogP contribution in [0.5, 0.6) is 5.75 Å². The van der Waals surface area contributed by atoms with Gasteiger partial charge in [0.1, 0.15) is 5.75 Å². The molecule has 1 aliphatic rings. The predicted molar refractivity (Wildman–Crippen MR) is 97.3 cm³/mol. The fourth-order valence-electron chi connectivity index (χ4n) is 3.03. The van der Waals surface area contributed by atoms with Crippen molar-refractivity contribution < 1.29 is 14.7 Å². The Morgan fingerprint density at radius 1 is 1.16 bits per heavy atom. The van der Waals surface area contributed by atoms with Gasteiger partial charge in [0, 0.05) is 11.1 Å². The van der Waals surface area contributed by atoms with Crippen molar-refractivity contribution in [3.05, 3.63) is 65.2 Å². The highest BCUT2D eigenvalue weighted by atomic mass is 16.5. The summed E-state index contributed by atoms with van der Waals surface area (Å²) in [6, 6.07) is 14.4. The minimum absolute atomic E-state index is 0.0506. The van der Waals surface area contributed by atoms with Gasteiger partial charge < -0.3 is 9.94 Å². The third-order valence-corrected chi connectivity index (χ3v) is 4.20. The van der Waals surface area contributed by atoms with Crippen LogP contribution in [-0.4, -0.2) is 35.1 Å². The summed E-state index contributed by atoms with van der Waals surface area (Å²) in [7, 11) is 1.56. The second kappa shape index (κ2) is 6.51. The van der Waals surface area contributed by atoms with Crippen molar-refractivity contribution in [1.82, 2.24) is 0 Å². The van der Waals surface area contributed by atoms with E-state index in [1.54, 1.807) is 31.4 Å². The lowest BCUT2D eigenvalue weighted by Gasteiger charge is -2.28. The molecule has 0 amide bonds. The molecule has 0 radical (unpaired) electrons. The molecular weight excluding hydrogens is 316 g/mol. The summed E-state index contributed by atoms with van der Waals surface area (Å²) in [5.41, 5.74) is 2.33. The van der Waals surface area contributed by atoms with Gasteiger partial charge in [-0.05, 0) is 50.1 Å². The monoisotopic (exact) mass is 336 g/mol. The summed E-state index contributed by atoms with van der Waals surface area (Å²) in [5.74, 6) is 0.275. The van der Waals surface area contributed by atoms with Crippen LogP contribution >= 0.6 is 0 Å². The molecule has 0 aromatic heterocycles. The molecular formula is C20H20N2O3. The van der Waals surface area contributed by atoms with Gasteiger partial charge in [-0.1, -0.05) is 29.4 Å². The second-order valence-corrected chi connectivity index (χ2v) is 6.61. The van der Waals surface area contributed by atoms with Gasteiger partial charge in [0.15, 0.2) is 5.71 Å². The van der Waals surface area contributed by atoms with Crippen LogP contribution in [0.3, 0.4) is 0 Å². The number of ether oxygens (including phenoxy) is 1. The number of nitrogens with zero attached hydrogens (tertiary/aromatic N) is 2. The van der Waals surface area contributed by atoms with Gasteiger partial charge in [-0.2, -0.15) is 0 Å². The van der Waals surface area contributed by atoms with Gasteiger partial charge in [0.05, 0.1) is 18.4 Å². The van der Waals surface area contributed by atoms with Crippen LogP contribution in [0.25, 0.3) is 0 Å². The predicted octanol–water partition coefficient (Wildman–Crippen LogP) is 3.53. The molecule has 25 heavy (non-hydrogen) atoms. The Kier molecular flexibility index (Phi) is 4.40. The van der Waals surface area contributed by atoms with E-state index in [0.29, 0.717) is 17.0 Å². The Bertz CT molecular complexity index is 865. The van der Waals surface area contributed by atoms with E-state index in [1.165, 1.54) is 0 Å². The summed E-state index contributed by atoms with van der Waals surface area (Å²) in [6.45, 7) is 3.99. The summed E-state index contributed by atoms with van der Waals surface area (Å²) in [6.07, 6.45) is 0.766. The average molecular weight is 336 g/mol. The van der Waals surface area contributed by atoms with E-state index < -0.39 is 0 Å². The fourth-order valence-corrected chi connectivity index (χ4v) is 3.03. The zero-order valence-electron chi connectivity index (χ0n) is 14.5. The molecule has 0 saturated carbocycles. The van der Waals surface area contributed by atoms with Crippen molar-refractivity contribution in [3.63, 3.8) is 0 Å². The number of methoxy groups -OCH3 is 1. The van der Waals surface area contributed by atoms with Crippen molar-refractivity contribution in [2.45, 2.75) is 25.8 Å². The van der Waals surface area contributed by atoms with Gasteiger partial charge in [0.25, 0.3) is 0 Å². The first-order valence-corrected chi connectivity index (χ1v) is 8.04. The maximum atomic E-state index is 12.9. The molecule has 1 aliphatic heterocycles. The van der Waals surface area contributed by atoms with Crippen LogP contribution in [0, 0.1) is 0 Å². The summed E-state index contributed by atoms with van der Waals surface area (Å²) >= 11 is 0. The molecule has 0 bridgehead atoms. The zero-order valence-corrected chi connectivity index (χ0v) is 14.5. The Labute approximate surface area is 146 Å². The molecule has 1 heterocycles. The lowest BCUT2D eigenvalue weighted by atomic mass is 9.84. The van der Waals surface area contributed by atoms with Gasteiger partial charge >= 0.3 is 0 Å².